The molecule has 0 aliphatic carbocycles. The number of hydrogen-bond acceptors (Lipinski definition) is 6. The summed E-state index contributed by atoms with van der Waals surface area (Å²) in [7, 11) is 2.13. The first-order valence-corrected chi connectivity index (χ1v) is 13.4. The maximum absolute atomic E-state index is 13.6. The monoisotopic (exact) mass is 573 g/mol. The Hall–Kier alpha value is -2.53. The molecule has 0 radical (unpaired) electrons. The van der Waals surface area contributed by atoms with Crippen molar-refractivity contribution in [3.8, 4) is 5.75 Å². The molecule has 0 spiro atoms. The Morgan fingerprint density at radius 1 is 1.06 bits per heavy atom. The molecule has 0 saturated carbocycles. The van der Waals surface area contributed by atoms with E-state index in [0.29, 0.717) is 29.6 Å². The lowest BCUT2D eigenvalue weighted by molar-refractivity contribution is -0.124. The standard InChI is InChI=1S/C26H32BrN5O3S/c1-3-35-22-10-8-21(9-11-22)32-25(34)23(18-24(33)28-20-6-4-19(27)5-7-20)31(26(32)36)17-16-30-14-12-29(2)13-15-30/h4-11,23H,3,12-18H2,1-2H3,(H,28,33)/t23-/m0/s1. The van der Waals surface area contributed by atoms with E-state index in [-0.39, 0.29) is 18.2 Å². The average molecular weight is 575 g/mol. The fourth-order valence-electron chi connectivity index (χ4n) is 4.42. The number of nitrogens with zero attached hydrogens (tertiary/aromatic N) is 4. The van der Waals surface area contributed by atoms with Gasteiger partial charge in [-0.15, -0.1) is 0 Å². The summed E-state index contributed by atoms with van der Waals surface area (Å²) >= 11 is 9.20. The number of benzene rings is 2. The predicted molar refractivity (Wildman–Crippen MR) is 150 cm³/mol. The van der Waals surface area contributed by atoms with Gasteiger partial charge in [0.2, 0.25) is 5.91 Å². The van der Waals surface area contributed by atoms with Gasteiger partial charge in [-0.2, -0.15) is 0 Å². The molecule has 0 bridgehead atoms. The highest BCUT2D eigenvalue weighted by atomic mass is 79.9. The minimum absolute atomic E-state index is 0.0192. The number of ether oxygens (including phenoxy) is 1. The van der Waals surface area contributed by atoms with Gasteiger partial charge in [0.1, 0.15) is 11.8 Å². The second-order valence-corrected chi connectivity index (χ2v) is 10.3. The largest absolute Gasteiger partial charge is 0.494 e. The quantitative estimate of drug-likeness (QED) is 0.461. The van der Waals surface area contributed by atoms with Gasteiger partial charge in [-0.1, -0.05) is 15.9 Å². The van der Waals surface area contributed by atoms with Crippen LogP contribution in [-0.4, -0.2) is 90.6 Å². The number of amides is 2. The summed E-state index contributed by atoms with van der Waals surface area (Å²) in [6.45, 7) is 7.83. The van der Waals surface area contributed by atoms with E-state index in [9.17, 15) is 9.59 Å². The summed E-state index contributed by atoms with van der Waals surface area (Å²) < 4.78 is 6.47. The lowest BCUT2D eigenvalue weighted by Gasteiger charge is -2.34. The molecule has 2 aliphatic heterocycles. The maximum Gasteiger partial charge on any atom is 0.256 e. The van der Waals surface area contributed by atoms with Crippen molar-refractivity contribution < 1.29 is 14.3 Å². The van der Waals surface area contributed by atoms with Gasteiger partial charge in [-0.25, -0.2) is 0 Å². The Balaban J connectivity index is 1.50. The van der Waals surface area contributed by atoms with Crippen molar-refractivity contribution in [2.75, 3.05) is 63.1 Å². The van der Waals surface area contributed by atoms with Crippen molar-refractivity contribution in [2.24, 2.45) is 0 Å². The minimum atomic E-state index is -0.660. The molecule has 1 atom stereocenters. The van der Waals surface area contributed by atoms with Crippen molar-refractivity contribution in [1.82, 2.24) is 14.7 Å². The zero-order valence-electron chi connectivity index (χ0n) is 20.7. The molecule has 2 aliphatic rings. The molecular formula is C26H32BrN5O3S. The molecule has 0 unspecified atom stereocenters. The van der Waals surface area contributed by atoms with Crippen molar-refractivity contribution in [1.29, 1.82) is 0 Å². The first kappa shape index (κ1) is 26.5. The summed E-state index contributed by atoms with van der Waals surface area (Å²) in [6.07, 6.45) is 0.0192. The molecule has 2 aromatic rings. The zero-order valence-corrected chi connectivity index (χ0v) is 23.1. The van der Waals surface area contributed by atoms with E-state index in [1.807, 2.05) is 60.4 Å². The van der Waals surface area contributed by atoms with Crippen molar-refractivity contribution in [3.05, 3.63) is 53.0 Å². The first-order chi connectivity index (χ1) is 17.4. The topological polar surface area (TPSA) is 68.4 Å². The van der Waals surface area contributed by atoms with Crippen LogP contribution in [0.25, 0.3) is 0 Å². The summed E-state index contributed by atoms with van der Waals surface area (Å²) in [4.78, 5) is 34.7. The predicted octanol–water partition coefficient (Wildman–Crippen LogP) is 3.43. The second-order valence-electron chi connectivity index (χ2n) is 9.00. The van der Waals surface area contributed by atoms with E-state index in [1.165, 1.54) is 0 Å². The van der Waals surface area contributed by atoms with Gasteiger partial charge in [0, 0.05) is 49.4 Å². The van der Waals surface area contributed by atoms with E-state index in [4.69, 9.17) is 17.0 Å². The van der Waals surface area contributed by atoms with Gasteiger partial charge in [-0.3, -0.25) is 19.4 Å². The van der Waals surface area contributed by atoms with Crippen LogP contribution in [0.4, 0.5) is 11.4 Å². The van der Waals surface area contributed by atoms with Crippen molar-refractivity contribution >= 4 is 56.4 Å². The Bertz CT molecular complexity index is 1070. The number of thiocarbonyl (C=S) groups is 1. The Labute approximate surface area is 226 Å². The third-order valence-corrected chi connectivity index (χ3v) is 7.43. The Kier molecular flexibility index (Phi) is 8.95. The molecule has 2 amide bonds. The second kappa shape index (κ2) is 12.1. The third kappa shape index (κ3) is 6.42. The van der Waals surface area contributed by atoms with Crippen molar-refractivity contribution in [2.45, 2.75) is 19.4 Å². The Morgan fingerprint density at radius 3 is 2.36 bits per heavy atom. The fourth-order valence-corrected chi connectivity index (χ4v) is 5.10. The number of anilines is 2. The zero-order chi connectivity index (χ0) is 25.7. The van der Waals surface area contributed by atoms with Crippen LogP contribution in [0.1, 0.15) is 13.3 Å². The van der Waals surface area contributed by atoms with E-state index in [0.717, 1.165) is 42.9 Å². The normalized spacial score (nSPS) is 19.1. The molecule has 192 valence electrons. The lowest BCUT2D eigenvalue weighted by atomic mass is 10.1. The summed E-state index contributed by atoms with van der Waals surface area (Å²) in [5, 5.41) is 3.34. The number of hydrogen-bond donors (Lipinski definition) is 1. The highest BCUT2D eigenvalue weighted by Gasteiger charge is 2.44. The smallest absolute Gasteiger partial charge is 0.256 e. The van der Waals surface area contributed by atoms with Crippen LogP contribution >= 0.6 is 28.1 Å². The SMILES string of the molecule is CCOc1ccc(N2C(=O)[C@H](CC(=O)Nc3ccc(Br)cc3)N(CCN3CCN(C)CC3)C2=S)cc1. The minimum Gasteiger partial charge on any atom is -0.494 e. The van der Waals surface area contributed by atoms with Crippen LogP contribution in [0.15, 0.2) is 53.0 Å². The molecule has 8 nitrogen and oxygen atoms in total. The van der Waals surface area contributed by atoms with Crippen LogP contribution in [-0.2, 0) is 9.59 Å². The van der Waals surface area contributed by atoms with Crippen LogP contribution in [0.3, 0.4) is 0 Å². The molecule has 10 heteroatoms. The number of piperazine rings is 1. The van der Waals surface area contributed by atoms with Gasteiger partial charge in [0.25, 0.3) is 5.91 Å². The van der Waals surface area contributed by atoms with Crippen LogP contribution < -0.4 is 15.0 Å². The molecule has 2 fully saturated rings. The molecular weight excluding hydrogens is 542 g/mol. The number of halogens is 1. The molecule has 36 heavy (non-hydrogen) atoms. The highest BCUT2D eigenvalue weighted by Crippen LogP contribution is 2.29. The molecule has 2 heterocycles. The van der Waals surface area contributed by atoms with Gasteiger partial charge >= 0.3 is 0 Å². The van der Waals surface area contributed by atoms with E-state index in [1.54, 1.807) is 4.90 Å². The average Bonchev–Trinajstić information content (AvgIpc) is 3.09. The van der Waals surface area contributed by atoms with Crippen LogP contribution in [0.2, 0.25) is 0 Å². The van der Waals surface area contributed by atoms with E-state index < -0.39 is 6.04 Å². The third-order valence-electron chi connectivity index (χ3n) is 6.48. The summed E-state index contributed by atoms with van der Waals surface area (Å²) in [5.74, 6) is 0.321. The molecule has 1 N–H and O–H groups in total. The summed E-state index contributed by atoms with van der Waals surface area (Å²) in [5.41, 5.74) is 1.36. The van der Waals surface area contributed by atoms with Gasteiger partial charge in [-0.05, 0) is 74.7 Å². The molecule has 2 aromatic carbocycles. The van der Waals surface area contributed by atoms with E-state index in [2.05, 4.69) is 38.1 Å². The molecule has 2 saturated heterocycles. The van der Waals surface area contributed by atoms with Gasteiger partial charge < -0.3 is 19.9 Å². The Morgan fingerprint density at radius 2 is 1.72 bits per heavy atom. The summed E-state index contributed by atoms with van der Waals surface area (Å²) in [6, 6.07) is 14.0. The van der Waals surface area contributed by atoms with Crippen LogP contribution in [0, 0.1) is 0 Å². The van der Waals surface area contributed by atoms with Crippen LogP contribution in [0.5, 0.6) is 5.75 Å². The molecule has 0 aromatic heterocycles. The van der Waals surface area contributed by atoms with E-state index >= 15 is 0 Å². The number of likely N-dealkylation sites (N-methyl/N-ethyl adjacent to an activating group) is 1. The number of nitrogens with one attached hydrogen (secondary N) is 1. The van der Waals surface area contributed by atoms with Gasteiger partial charge in [0.05, 0.1) is 18.7 Å². The maximum atomic E-state index is 13.6. The van der Waals surface area contributed by atoms with Crippen molar-refractivity contribution in [3.63, 3.8) is 0 Å². The highest BCUT2D eigenvalue weighted by molar-refractivity contribution is 9.10. The molecule has 4 rings (SSSR count). The first-order valence-electron chi connectivity index (χ1n) is 12.2. The number of rotatable bonds is 9. The number of carbonyl (C=O) groups excluding carboxylic acids is 2. The van der Waals surface area contributed by atoms with Gasteiger partial charge in [0.15, 0.2) is 5.11 Å². The number of carbonyl (C=O) groups is 2. The fraction of sp³-hybridized carbons (Fsp3) is 0.423. The lowest BCUT2D eigenvalue weighted by Crippen LogP contribution is -2.48.